The quantitative estimate of drug-likeness (QED) is 0.630. The van der Waals surface area contributed by atoms with Crippen molar-refractivity contribution in [1.29, 1.82) is 0 Å². The topological polar surface area (TPSA) is 46.2 Å². The van der Waals surface area contributed by atoms with E-state index < -0.39 is 0 Å². The molecule has 0 bridgehead atoms. The molecule has 0 N–H and O–H groups in total. The van der Waals surface area contributed by atoms with Gasteiger partial charge in [0.1, 0.15) is 0 Å². The predicted molar refractivity (Wildman–Crippen MR) is 112 cm³/mol. The van der Waals surface area contributed by atoms with Gasteiger partial charge in [0.2, 0.25) is 0 Å². The lowest BCUT2D eigenvalue weighted by molar-refractivity contribution is -0.282. The van der Waals surface area contributed by atoms with Gasteiger partial charge in [-0.2, -0.15) is 0 Å². The molecule has 2 saturated carbocycles. The summed E-state index contributed by atoms with van der Waals surface area (Å²) in [5.41, 5.74) is -0.369. The lowest BCUT2D eigenvalue weighted by atomic mass is 9.73. The van der Waals surface area contributed by atoms with E-state index in [1.807, 2.05) is 14.2 Å². The second kappa shape index (κ2) is 9.95. The molecule has 5 nitrogen and oxygen atoms in total. The largest absolute Gasteiger partial charge is 0.381 e. The average Bonchev–Trinajstić information content (AvgIpc) is 2.80. The number of hydrogen-bond donors (Lipinski definition) is 0. The van der Waals surface area contributed by atoms with Gasteiger partial charge < -0.3 is 23.7 Å². The molecular weight excluding hydrogens is 368 g/mol. The maximum absolute atomic E-state index is 7.41. The first-order valence-electron chi connectivity index (χ1n) is 12.2. The highest BCUT2D eigenvalue weighted by Crippen LogP contribution is 2.48. The van der Waals surface area contributed by atoms with Gasteiger partial charge in [-0.1, -0.05) is 38.5 Å². The Hall–Kier alpha value is -0.200. The van der Waals surface area contributed by atoms with Crippen molar-refractivity contribution in [2.75, 3.05) is 27.4 Å². The fourth-order valence-corrected chi connectivity index (χ4v) is 6.38. The van der Waals surface area contributed by atoms with Gasteiger partial charge in [0.25, 0.3) is 0 Å². The second-order valence-electron chi connectivity index (χ2n) is 9.84. The Morgan fingerprint density at radius 3 is 1.41 bits per heavy atom. The van der Waals surface area contributed by atoms with Crippen molar-refractivity contribution in [3.05, 3.63) is 0 Å². The van der Waals surface area contributed by atoms with Crippen LogP contribution in [0.5, 0.6) is 0 Å². The number of methoxy groups -OCH3 is 2. The van der Waals surface area contributed by atoms with Gasteiger partial charge in [-0.3, -0.25) is 0 Å². The molecule has 2 heterocycles. The van der Waals surface area contributed by atoms with E-state index in [-0.39, 0.29) is 23.4 Å². The van der Waals surface area contributed by atoms with E-state index in [0.717, 1.165) is 64.6 Å². The molecule has 168 valence electrons. The van der Waals surface area contributed by atoms with Crippen LogP contribution in [0.15, 0.2) is 0 Å². The minimum atomic E-state index is -0.184. The summed E-state index contributed by atoms with van der Waals surface area (Å²) in [5.74, 6) is 0. The van der Waals surface area contributed by atoms with Crippen molar-refractivity contribution in [3.8, 4) is 0 Å². The molecule has 4 fully saturated rings. The van der Waals surface area contributed by atoms with Crippen molar-refractivity contribution in [1.82, 2.24) is 0 Å². The van der Waals surface area contributed by atoms with Crippen LogP contribution in [0.4, 0.5) is 0 Å². The molecule has 5 heteroatoms. The summed E-state index contributed by atoms with van der Waals surface area (Å²) in [6, 6.07) is 0. The van der Waals surface area contributed by atoms with Crippen LogP contribution in [0.1, 0.15) is 89.9 Å². The van der Waals surface area contributed by atoms with Crippen LogP contribution in [0.25, 0.3) is 0 Å². The van der Waals surface area contributed by atoms with E-state index in [1.54, 1.807) is 0 Å². The van der Waals surface area contributed by atoms with Gasteiger partial charge in [-0.25, -0.2) is 0 Å². The standard InChI is InChI=1S/C24H42O5/c1-25-19-9-15-27-21(17-19)23(11-5-3-6-12-23)29-24(13-7-4-8-14-24)22-18-20(26-2)10-16-28-22/h19-22H,3-18H2,1-2H3. The summed E-state index contributed by atoms with van der Waals surface area (Å²) in [6.07, 6.45) is 16.8. The summed E-state index contributed by atoms with van der Waals surface area (Å²) in [6.45, 7) is 1.57. The highest BCUT2D eigenvalue weighted by Gasteiger charge is 2.53. The lowest BCUT2D eigenvalue weighted by Crippen LogP contribution is -2.61. The first kappa shape index (κ1) is 22.0. The second-order valence-corrected chi connectivity index (χ2v) is 9.84. The normalized spacial score (nSPS) is 37.9. The Labute approximate surface area is 177 Å². The first-order chi connectivity index (χ1) is 14.2. The smallest absolute Gasteiger partial charge is 0.0952 e. The van der Waals surface area contributed by atoms with Crippen molar-refractivity contribution in [2.45, 2.75) is 126 Å². The summed E-state index contributed by atoms with van der Waals surface area (Å²) in [7, 11) is 3.68. The van der Waals surface area contributed by atoms with Gasteiger partial charge >= 0.3 is 0 Å². The fourth-order valence-electron chi connectivity index (χ4n) is 6.38. The van der Waals surface area contributed by atoms with Crippen LogP contribution >= 0.6 is 0 Å². The number of rotatable bonds is 6. The predicted octanol–water partition coefficient (Wildman–Crippen LogP) is 4.80. The minimum Gasteiger partial charge on any atom is -0.381 e. The minimum absolute atomic E-state index is 0.141. The van der Waals surface area contributed by atoms with Crippen molar-refractivity contribution < 1.29 is 23.7 Å². The van der Waals surface area contributed by atoms with E-state index in [4.69, 9.17) is 23.7 Å². The maximum atomic E-state index is 7.41. The Morgan fingerprint density at radius 1 is 0.621 bits per heavy atom. The van der Waals surface area contributed by atoms with Gasteiger partial charge in [0.15, 0.2) is 0 Å². The van der Waals surface area contributed by atoms with Crippen molar-refractivity contribution in [2.24, 2.45) is 0 Å². The zero-order chi connectivity index (χ0) is 20.2. The van der Waals surface area contributed by atoms with Crippen LogP contribution in [0.3, 0.4) is 0 Å². The molecule has 0 spiro atoms. The van der Waals surface area contributed by atoms with E-state index >= 15 is 0 Å². The number of ether oxygens (including phenoxy) is 5. The molecule has 29 heavy (non-hydrogen) atoms. The summed E-state index contributed by atoms with van der Waals surface area (Å²) in [4.78, 5) is 0. The highest BCUT2D eigenvalue weighted by molar-refractivity contribution is 5.02. The molecule has 0 radical (unpaired) electrons. The zero-order valence-electron chi connectivity index (χ0n) is 18.7. The van der Waals surface area contributed by atoms with Gasteiger partial charge in [0.05, 0.1) is 35.6 Å². The third kappa shape index (κ3) is 4.85. The molecule has 4 aliphatic rings. The molecule has 0 amide bonds. The van der Waals surface area contributed by atoms with E-state index in [2.05, 4.69) is 0 Å². The molecule has 4 atom stereocenters. The fraction of sp³-hybridized carbons (Fsp3) is 1.00. The van der Waals surface area contributed by atoms with Crippen LogP contribution in [0.2, 0.25) is 0 Å². The molecule has 4 rings (SSSR count). The summed E-state index contributed by atoms with van der Waals surface area (Å²) in [5, 5.41) is 0. The molecule has 0 aromatic carbocycles. The summed E-state index contributed by atoms with van der Waals surface area (Å²) >= 11 is 0. The van der Waals surface area contributed by atoms with Gasteiger partial charge in [0, 0.05) is 40.3 Å². The Balaban J connectivity index is 1.59. The molecule has 0 aromatic heterocycles. The highest BCUT2D eigenvalue weighted by atomic mass is 16.6. The SMILES string of the molecule is COC1CCOC(C2(OC3(C4CC(OC)CCO4)CCCCC3)CCCCC2)C1. The lowest BCUT2D eigenvalue weighted by Gasteiger charge is -2.54. The van der Waals surface area contributed by atoms with Crippen molar-refractivity contribution >= 4 is 0 Å². The van der Waals surface area contributed by atoms with Gasteiger partial charge in [-0.05, 0) is 38.5 Å². The molecule has 2 aliphatic heterocycles. The van der Waals surface area contributed by atoms with E-state index in [9.17, 15) is 0 Å². The molecule has 0 aromatic rings. The molecular formula is C24H42O5. The van der Waals surface area contributed by atoms with Crippen LogP contribution in [-0.2, 0) is 23.7 Å². The Bertz CT molecular complexity index is 453. The van der Waals surface area contributed by atoms with E-state index in [0.29, 0.717) is 12.2 Å². The number of hydrogen-bond acceptors (Lipinski definition) is 5. The molecule has 4 unspecified atom stereocenters. The van der Waals surface area contributed by atoms with Crippen LogP contribution in [-0.4, -0.2) is 63.1 Å². The Kier molecular flexibility index (Phi) is 7.55. The zero-order valence-corrected chi connectivity index (χ0v) is 18.7. The molecule has 2 saturated heterocycles. The average molecular weight is 411 g/mol. The molecule has 2 aliphatic carbocycles. The van der Waals surface area contributed by atoms with Crippen LogP contribution < -0.4 is 0 Å². The first-order valence-corrected chi connectivity index (χ1v) is 12.2. The third-order valence-electron chi connectivity index (χ3n) is 8.12. The van der Waals surface area contributed by atoms with E-state index in [1.165, 1.54) is 38.5 Å². The Morgan fingerprint density at radius 2 is 1.03 bits per heavy atom. The summed E-state index contributed by atoms with van der Waals surface area (Å²) < 4.78 is 31.7. The monoisotopic (exact) mass is 410 g/mol. The van der Waals surface area contributed by atoms with Crippen LogP contribution in [0, 0.1) is 0 Å². The van der Waals surface area contributed by atoms with Gasteiger partial charge in [-0.15, -0.1) is 0 Å². The third-order valence-corrected chi connectivity index (χ3v) is 8.12. The maximum Gasteiger partial charge on any atom is 0.0952 e. The van der Waals surface area contributed by atoms with Crippen molar-refractivity contribution in [3.63, 3.8) is 0 Å².